The molecule has 1 N–H and O–H groups in total. The van der Waals surface area contributed by atoms with Gasteiger partial charge in [-0.15, -0.1) is 0 Å². The van der Waals surface area contributed by atoms with Crippen molar-refractivity contribution in [2.45, 2.75) is 38.8 Å². The lowest BCUT2D eigenvalue weighted by molar-refractivity contribution is -0.386. The lowest BCUT2D eigenvalue weighted by Gasteiger charge is -2.32. The van der Waals surface area contributed by atoms with E-state index in [-0.39, 0.29) is 35.3 Å². The molecular weight excluding hydrogens is 305 g/mol. The Morgan fingerprint density at radius 3 is 2.57 bits per heavy atom. The Kier molecular flexibility index (Phi) is 4.44. The van der Waals surface area contributed by atoms with E-state index in [1.165, 1.54) is 13.2 Å². The first-order valence-electron chi connectivity index (χ1n) is 7.22. The van der Waals surface area contributed by atoms with Gasteiger partial charge in [0, 0.05) is 30.6 Å². The minimum absolute atomic E-state index is 0.0143. The van der Waals surface area contributed by atoms with Gasteiger partial charge in [0.15, 0.2) is 0 Å². The SMILES string of the molecule is COc1cc(F)c([N+](=O)[O-])c(NC2CC(=O)N(C(C)(C)C)C2)c1. The van der Waals surface area contributed by atoms with Crippen molar-refractivity contribution >= 4 is 17.3 Å². The summed E-state index contributed by atoms with van der Waals surface area (Å²) in [6.45, 7) is 6.15. The van der Waals surface area contributed by atoms with E-state index in [1.807, 2.05) is 20.8 Å². The molecule has 8 heteroatoms. The van der Waals surface area contributed by atoms with Crippen LogP contribution in [0, 0.1) is 15.9 Å². The van der Waals surface area contributed by atoms with Gasteiger partial charge in [-0.3, -0.25) is 14.9 Å². The van der Waals surface area contributed by atoms with Gasteiger partial charge in [-0.1, -0.05) is 0 Å². The molecule has 7 nitrogen and oxygen atoms in total. The van der Waals surface area contributed by atoms with Crippen LogP contribution in [0.3, 0.4) is 0 Å². The maximum atomic E-state index is 13.9. The highest BCUT2D eigenvalue weighted by Gasteiger charge is 2.37. The van der Waals surface area contributed by atoms with E-state index in [0.717, 1.165) is 6.07 Å². The van der Waals surface area contributed by atoms with Crippen molar-refractivity contribution in [3.05, 3.63) is 28.1 Å². The summed E-state index contributed by atoms with van der Waals surface area (Å²) in [5, 5.41) is 14.0. The lowest BCUT2D eigenvalue weighted by atomic mass is 10.1. The number of carbonyl (C=O) groups is 1. The number of carbonyl (C=O) groups excluding carboxylic acids is 1. The van der Waals surface area contributed by atoms with Crippen molar-refractivity contribution in [1.29, 1.82) is 0 Å². The van der Waals surface area contributed by atoms with Gasteiger partial charge < -0.3 is 15.0 Å². The zero-order chi connectivity index (χ0) is 17.4. The first-order valence-corrected chi connectivity index (χ1v) is 7.22. The number of likely N-dealkylation sites (tertiary alicyclic amines) is 1. The van der Waals surface area contributed by atoms with Gasteiger partial charge in [0.25, 0.3) is 0 Å². The van der Waals surface area contributed by atoms with Crippen molar-refractivity contribution in [3.63, 3.8) is 0 Å². The number of nitro benzene ring substituents is 1. The number of ether oxygens (including phenoxy) is 1. The van der Waals surface area contributed by atoms with Gasteiger partial charge >= 0.3 is 5.69 Å². The van der Waals surface area contributed by atoms with E-state index in [9.17, 15) is 19.3 Å². The molecule has 1 fully saturated rings. The Balaban J connectivity index is 2.28. The smallest absolute Gasteiger partial charge is 0.327 e. The summed E-state index contributed by atoms with van der Waals surface area (Å²) in [5.41, 5.74) is -0.966. The third kappa shape index (κ3) is 3.52. The number of anilines is 1. The maximum absolute atomic E-state index is 13.9. The van der Waals surface area contributed by atoms with Crippen molar-refractivity contribution in [2.75, 3.05) is 19.0 Å². The first-order chi connectivity index (χ1) is 10.6. The molecule has 1 aromatic carbocycles. The monoisotopic (exact) mass is 325 g/mol. The molecule has 126 valence electrons. The first kappa shape index (κ1) is 17.0. The highest BCUT2D eigenvalue weighted by molar-refractivity contribution is 5.81. The van der Waals surface area contributed by atoms with Crippen LogP contribution in [0.15, 0.2) is 12.1 Å². The summed E-state index contributed by atoms with van der Waals surface area (Å²) >= 11 is 0. The molecule has 0 saturated carbocycles. The van der Waals surface area contributed by atoms with Crippen LogP contribution >= 0.6 is 0 Å². The normalized spacial score (nSPS) is 18.2. The highest BCUT2D eigenvalue weighted by Crippen LogP contribution is 2.34. The summed E-state index contributed by atoms with van der Waals surface area (Å²) in [7, 11) is 1.35. The minimum atomic E-state index is -0.978. The third-order valence-electron chi connectivity index (χ3n) is 3.75. The standard InChI is InChI=1S/C15H20FN3O4/c1-15(2,3)18-8-9(5-13(18)20)17-12-7-10(23-4)6-11(16)14(12)19(21)22/h6-7,9,17H,5,8H2,1-4H3. The van der Waals surface area contributed by atoms with Crippen molar-refractivity contribution in [3.8, 4) is 5.75 Å². The van der Waals surface area contributed by atoms with Crippen LogP contribution in [0.1, 0.15) is 27.2 Å². The second-order valence-electron chi connectivity index (χ2n) is 6.48. The number of amides is 1. The number of benzene rings is 1. The lowest BCUT2D eigenvalue weighted by Crippen LogP contribution is -2.43. The van der Waals surface area contributed by atoms with Crippen LogP contribution in [-0.2, 0) is 4.79 Å². The van der Waals surface area contributed by atoms with Crippen molar-refractivity contribution < 1.29 is 18.8 Å². The summed E-state index contributed by atoms with van der Waals surface area (Å²) in [5.74, 6) is -0.845. The molecule has 1 aliphatic heterocycles. The molecule has 0 spiro atoms. The average Bonchev–Trinajstić information content (AvgIpc) is 2.78. The van der Waals surface area contributed by atoms with E-state index < -0.39 is 16.4 Å². The van der Waals surface area contributed by atoms with Gasteiger partial charge in [-0.2, -0.15) is 4.39 Å². The molecule has 1 saturated heterocycles. The van der Waals surface area contributed by atoms with E-state index in [4.69, 9.17) is 4.74 Å². The predicted octanol–water partition coefficient (Wildman–Crippen LogP) is 2.55. The van der Waals surface area contributed by atoms with E-state index in [0.29, 0.717) is 6.54 Å². The molecule has 0 aromatic heterocycles. The Hall–Kier alpha value is -2.38. The molecule has 1 aliphatic rings. The summed E-state index contributed by atoms with van der Waals surface area (Å²) in [6, 6.07) is 2.00. The summed E-state index contributed by atoms with van der Waals surface area (Å²) in [6.07, 6.45) is 0.202. The molecule has 1 unspecified atom stereocenters. The summed E-state index contributed by atoms with van der Waals surface area (Å²) in [4.78, 5) is 24.1. The molecule has 23 heavy (non-hydrogen) atoms. The largest absolute Gasteiger partial charge is 0.497 e. The number of nitrogens with zero attached hydrogens (tertiary/aromatic N) is 2. The van der Waals surface area contributed by atoms with Crippen LogP contribution in [0.2, 0.25) is 0 Å². The van der Waals surface area contributed by atoms with Crippen LogP contribution in [0.4, 0.5) is 15.8 Å². The average molecular weight is 325 g/mol. The molecule has 1 atom stereocenters. The quantitative estimate of drug-likeness (QED) is 0.679. The number of nitrogens with one attached hydrogen (secondary N) is 1. The molecule has 0 radical (unpaired) electrons. The van der Waals surface area contributed by atoms with Crippen LogP contribution in [-0.4, -0.2) is 41.0 Å². The zero-order valence-electron chi connectivity index (χ0n) is 13.6. The van der Waals surface area contributed by atoms with Gasteiger partial charge in [-0.05, 0) is 20.8 Å². The molecule has 0 aliphatic carbocycles. The van der Waals surface area contributed by atoms with Gasteiger partial charge in [0.2, 0.25) is 11.7 Å². The summed E-state index contributed by atoms with van der Waals surface area (Å²) < 4.78 is 18.9. The van der Waals surface area contributed by atoms with Crippen LogP contribution < -0.4 is 10.1 Å². The van der Waals surface area contributed by atoms with E-state index in [1.54, 1.807) is 4.90 Å². The number of methoxy groups -OCH3 is 1. The van der Waals surface area contributed by atoms with Crippen LogP contribution in [0.25, 0.3) is 0 Å². The number of rotatable bonds is 4. The maximum Gasteiger partial charge on any atom is 0.327 e. The molecule has 2 rings (SSSR count). The Bertz CT molecular complexity index is 642. The molecule has 1 amide bonds. The number of hydrogen-bond donors (Lipinski definition) is 1. The Labute approximate surface area is 133 Å². The number of halogens is 1. The minimum Gasteiger partial charge on any atom is -0.497 e. The second-order valence-corrected chi connectivity index (χ2v) is 6.48. The van der Waals surface area contributed by atoms with E-state index in [2.05, 4.69) is 5.32 Å². The van der Waals surface area contributed by atoms with Gasteiger partial charge in [0.05, 0.1) is 18.1 Å². The molecule has 1 aromatic rings. The van der Waals surface area contributed by atoms with Crippen LogP contribution in [0.5, 0.6) is 5.75 Å². The van der Waals surface area contributed by atoms with Gasteiger partial charge in [0.1, 0.15) is 11.4 Å². The molecule has 0 bridgehead atoms. The fraction of sp³-hybridized carbons (Fsp3) is 0.533. The highest BCUT2D eigenvalue weighted by atomic mass is 19.1. The fourth-order valence-corrected chi connectivity index (χ4v) is 2.66. The Morgan fingerprint density at radius 2 is 2.09 bits per heavy atom. The fourth-order valence-electron chi connectivity index (χ4n) is 2.66. The molecular formula is C15H20FN3O4. The molecule has 1 heterocycles. The van der Waals surface area contributed by atoms with E-state index >= 15 is 0 Å². The third-order valence-corrected chi connectivity index (χ3v) is 3.75. The topological polar surface area (TPSA) is 84.7 Å². The van der Waals surface area contributed by atoms with Crippen molar-refractivity contribution in [2.24, 2.45) is 0 Å². The van der Waals surface area contributed by atoms with Crippen molar-refractivity contribution in [1.82, 2.24) is 4.90 Å². The Morgan fingerprint density at radius 1 is 1.43 bits per heavy atom. The zero-order valence-corrected chi connectivity index (χ0v) is 13.6. The predicted molar refractivity (Wildman–Crippen MR) is 83.1 cm³/mol. The number of nitro groups is 1. The second kappa shape index (κ2) is 6.02. The van der Waals surface area contributed by atoms with Gasteiger partial charge in [-0.25, -0.2) is 0 Å². The number of hydrogen-bond acceptors (Lipinski definition) is 5.